The van der Waals surface area contributed by atoms with E-state index in [-0.39, 0.29) is 0 Å². The molecule has 0 saturated heterocycles. The van der Waals surface area contributed by atoms with Crippen LogP contribution in [-0.4, -0.2) is 16.9 Å². The topological polar surface area (TPSA) is 50.8 Å². The molecule has 0 amide bonds. The quantitative estimate of drug-likeness (QED) is 0.767. The molecule has 16 heavy (non-hydrogen) atoms. The van der Waals surface area contributed by atoms with Crippen LogP contribution in [0.4, 0.5) is 0 Å². The minimum atomic E-state index is 0.573. The molecule has 1 aromatic heterocycles. The Bertz CT molecular complexity index is 552. The van der Waals surface area contributed by atoms with Gasteiger partial charge in [0.05, 0.1) is 24.1 Å². The van der Waals surface area contributed by atoms with Gasteiger partial charge in [0, 0.05) is 12.3 Å². The maximum Gasteiger partial charge on any atom is 0.121 e. The van der Waals surface area contributed by atoms with E-state index >= 15 is 0 Å². The highest BCUT2D eigenvalue weighted by molar-refractivity contribution is 5.52. The molecule has 2 aromatic rings. The van der Waals surface area contributed by atoms with E-state index in [1.54, 1.807) is 30.0 Å². The number of nitrogens with zero attached hydrogens (tertiary/aromatic N) is 3. The molecule has 0 aliphatic heterocycles. The van der Waals surface area contributed by atoms with Crippen LogP contribution in [0.15, 0.2) is 30.5 Å². The molecule has 80 valence electrons. The zero-order valence-corrected chi connectivity index (χ0v) is 9.14. The molecule has 1 heterocycles. The van der Waals surface area contributed by atoms with Crippen LogP contribution < -0.4 is 4.74 Å². The van der Waals surface area contributed by atoms with E-state index in [4.69, 9.17) is 10.00 Å². The first kappa shape index (κ1) is 10.2. The third-order valence-corrected chi connectivity index (χ3v) is 2.29. The molecule has 4 heteroatoms. The normalized spacial score (nSPS) is 9.81. The summed E-state index contributed by atoms with van der Waals surface area (Å²) in [6.45, 7) is 1.91. The molecule has 0 saturated carbocycles. The number of aryl methyl sites for hydroxylation is 1. The van der Waals surface area contributed by atoms with Gasteiger partial charge >= 0.3 is 0 Å². The van der Waals surface area contributed by atoms with Crippen molar-refractivity contribution in [2.45, 2.75) is 6.92 Å². The van der Waals surface area contributed by atoms with Gasteiger partial charge in [-0.1, -0.05) is 0 Å². The van der Waals surface area contributed by atoms with E-state index in [9.17, 15) is 0 Å². The molecule has 0 bridgehead atoms. The van der Waals surface area contributed by atoms with Gasteiger partial charge in [0.25, 0.3) is 0 Å². The summed E-state index contributed by atoms with van der Waals surface area (Å²) in [4.78, 5) is 0. The number of hydrogen-bond donors (Lipinski definition) is 0. The summed E-state index contributed by atoms with van der Waals surface area (Å²) in [6, 6.07) is 9.31. The first-order chi connectivity index (χ1) is 7.74. The van der Waals surface area contributed by atoms with Crippen molar-refractivity contribution in [2.75, 3.05) is 7.11 Å². The van der Waals surface area contributed by atoms with Crippen molar-refractivity contribution in [3.05, 3.63) is 41.7 Å². The van der Waals surface area contributed by atoms with Gasteiger partial charge in [0.15, 0.2) is 0 Å². The van der Waals surface area contributed by atoms with Crippen LogP contribution in [0, 0.1) is 18.3 Å². The minimum absolute atomic E-state index is 0.573. The maximum atomic E-state index is 9.02. The summed E-state index contributed by atoms with van der Waals surface area (Å²) in [7, 11) is 1.60. The molecule has 0 spiro atoms. The summed E-state index contributed by atoms with van der Waals surface area (Å²) in [5.74, 6) is 0.710. The lowest BCUT2D eigenvalue weighted by molar-refractivity contribution is 0.414. The first-order valence-corrected chi connectivity index (χ1v) is 4.85. The van der Waals surface area contributed by atoms with Gasteiger partial charge in [-0.25, -0.2) is 4.68 Å². The van der Waals surface area contributed by atoms with Crippen molar-refractivity contribution in [1.29, 1.82) is 5.26 Å². The van der Waals surface area contributed by atoms with Crippen LogP contribution in [0.5, 0.6) is 5.75 Å². The first-order valence-electron chi connectivity index (χ1n) is 4.85. The van der Waals surface area contributed by atoms with E-state index in [2.05, 4.69) is 11.2 Å². The Morgan fingerprint density at radius 1 is 1.38 bits per heavy atom. The van der Waals surface area contributed by atoms with Crippen molar-refractivity contribution in [2.24, 2.45) is 0 Å². The second-order valence-electron chi connectivity index (χ2n) is 3.40. The van der Waals surface area contributed by atoms with Gasteiger partial charge < -0.3 is 4.74 Å². The number of hydrogen-bond acceptors (Lipinski definition) is 3. The number of nitriles is 1. The van der Waals surface area contributed by atoms with E-state index in [1.807, 2.05) is 19.2 Å². The van der Waals surface area contributed by atoms with Crippen molar-refractivity contribution in [1.82, 2.24) is 9.78 Å². The minimum Gasteiger partial charge on any atom is -0.497 e. The van der Waals surface area contributed by atoms with Gasteiger partial charge in [0.1, 0.15) is 11.8 Å². The molecular weight excluding hydrogens is 202 g/mol. The van der Waals surface area contributed by atoms with Crippen LogP contribution in [-0.2, 0) is 0 Å². The van der Waals surface area contributed by atoms with Crippen molar-refractivity contribution in [3.8, 4) is 17.5 Å². The van der Waals surface area contributed by atoms with Crippen molar-refractivity contribution in [3.63, 3.8) is 0 Å². The highest BCUT2D eigenvalue weighted by atomic mass is 16.5. The Balaban J connectivity index is 2.58. The Hall–Kier alpha value is -2.28. The van der Waals surface area contributed by atoms with Gasteiger partial charge in [-0.05, 0) is 25.1 Å². The molecule has 1 aromatic carbocycles. The highest BCUT2D eigenvalue weighted by Crippen LogP contribution is 2.20. The molecule has 4 nitrogen and oxygen atoms in total. The summed E-state index contributed by atoms with van der Waals surface area (Å²) in [5.41, 5.74) is 2.21. The Morgan fingerprint density at radius 3 is 2.75 bits per heavy atom. The van der Waals surface area contributed by atoms with Gasteiger partial charge in [-0.15, -0.1) is 0 Å². The fourth-order valence-electron chi connectivity index (χ4n) is 1.47. The number of rotatable bonds is 2. The SMILES string of the molecule is COc1ccc(C#N)c(-n2ccc(C)n2)c1. The smallest absolute Gasteiger partial charge is 0.121 e. The monoisotopic (exact) mass is 213 g/mol. The molecule has 2 rings (SSSR count). The molecule has 0 N–H and O–H groups in total. The highest BCUT2D eigenvalue weighted by Gasteiger charge is 2.06. The number of ether oxygens (including phenoxy) is 1. The van der Waals surface area contributed by atoms with Crippen LogP contribution in [0.2, 0.25) is 0 Å². The largest absolute Gasteiger partial charge is 0.497 e. The van der Waals surface area contributed by atoms with E-state index < -0.39 is 0 Å². The average Bonchev–Trinajstić information content (AvgIpc) is 2.75. The molecule has 0 radical (unpaired) electrons. The number of benzene rings is 1. The summed E-state index contributed by atoms with van der Waals surface area (Å²) in [6.07, 6.45) is 1.82. The molecule has 0 unspecified atom stereocenters. The van der Waals surface area contributed by atoms with E-state index in [0.29, 0.717) is 11.3 Å². The molecule has 0 aliphatic rings. The standard InChI is InChI=1S/C12H11N3O/c1-9-5-6-15(14-9)12-7-11(16-2)4-3-10(12)8-13/h3-7H,1-2H3. The predicted octanol–water partition coefficient (Wildman–Crippen LogP) is 2.06. The van der Waals surface area contributed by atoms with Gasteiger partial charge in [-0.2, -0.15) is 10.4 Å². The Morgan fingerprint density at radius 2 is 2.19 bits per heavy atom. The Labute approximate surface area is 93.7 Å². The van der Waals surface area contributed by atoms with Crippen LogP contribution >= 0.6 is 0 Å². The number of aromatic nitrogens is 2. The van der Waals surface area contributed by atoms with Crippen molar-refractivity contribution < 1.29 is 4.74 Å². The maximum absolute atomic E-state index is 9.02. The third-order valence-electron chi connectivity index (χ3n) is 2.29. The summed E-state index contributed by atoms with van der Waals surface area (Å²) >= 11 is 0. The Kier molecular flexibility index (Phi) is 2.61. The van der Waals surface area contributed by atoms with Crippen LogP contribution in [0.3, 0.4) is 0 Å². The number of methoxy groups -OCH3 is 1. The van der Waals surface area contributed by atoms with Crippen LogP contribution in [0.1, 0.15) is 11.3 Å². The second-order valence-corrected chi connectivity index (χ2v) is 3.40. The zero-order chi connectivity index (χ0) is 11.5. The fraction of sp³-hybridized carbons (Fsp3) is 0.167. The van der Waals surface area contributed by atoms with Gasteiger partial charge in [-0.3, -0.25) is 0 Å². The summed E-state index contributed by atoms with van der Waals surface area (Å²) in [5, 5.41) is 13.3. The fourth-order valence-corrected chi connectivity index (χ4v) is 1.47. The van der Waals surface area contributed by atoms with E-state index in [1.165, 1.54) is 0 Å². The molecule has 0 atom stereocenters. The average molecular weight is 213 g/mol. The second kappa shape index (κ2) is 4.07. The van der Waals surface area contributed by atoms with Crippen molar-refractivity contribution >= 4 is 0 Å². The summed E-state index contributed by atoms with van der Waals surface area (Å²) < 4.78 is 6.81. The lowest BCUT2D eigenvalue weighted by Gasteiger charge is -2.06. The van der Waals surface area contributed by atoms with E-state index in [0.717, 1.165) is 11.4 Å². The third kappa shape index (κ3) is 1.75. The molecular formula is C12H11N3O. The lowest BCUT2D eigenvalue weighted by Crippen LogP contribution is -1.99. The zero-order valence-electron chi connectivity index (χ0n) is 9.14. The van der Waals surface area contributed by atoms with Crippen LogP contribution in [0.25, 0.3) is 5.69 Å². The predicted molar refractivity (Wildman–Crippen MR) is 59.6 cm³/mol. The van der Waals surface area contributed by atoms with Gasteiger partial charge in [0.2, 0.25) is 0 Å². The lowest BCUT2D eigenvalue weighted by atomic mass is 10.2. The molecule has 0 aliphatic carbocycles. The molecule has 0 fully saturated rings.